The van der Waals surface area contributed by atoms with Crippen LogP contribution in [0.25, 0.3) is 0 Å². The van der Waals surface area contributed by atoms with Gasteiger partial charge in [0.2, 0.25) is 5.91 Å². The summed E-state index contributed by atoms with van der Waals surface area (Å²) < 4.78 is 23.0. The molecule has 1 fully saturated rings. The van der Waals surface area contributed by atoms with Gasteiger partial charge in [-0.05, 0) is 19.8 Å². The zero-order valence-corrected chi connectivity index (χ0v) is 12.6. The van der Waals surface area contributed by atoms with Crippen LogP contribution in [-0.2, 0) is 19.4 Å². The van der Waals surface area contributed by atoms with Crippen LogP contribution in [-0.4, -0.2) is 59.9 Å². The first-order chi connectivity index (χ1) is 9.09. The Bertz CT molecular complexity index is 486. The Morgan fingerprint density at radius 1 is 1.45 bits per heavy atom. The van der Waals surface area contributed by atoms with Crippen molar-refractivity contribution in [2.24, 2.45) is 5.73 Å². The number of nitrogens with two attached hydrogens (primary N) is 1. The highest BCUT2D eigenvalue weighted by Gasteiger charge is 2.40. The van der Waals surface area contributed by atoms with E-state index in [0.29, 0.717) is 12.8 Å². The summed E-state index contributed by atoms with van der Waals surface area (Å²) in [4.78, 5) is 24.5. The number of sulfone groups is 1. The van der Waals surface area contributed by atoms with Crippen molar-refractivity contribution in [3.63, 3.8) is 0 Å². The van der Waals surface area contributed by atoms with Crippen molar-refractivity contribution >= 4 is 21.7 Å². The predicted octanol–water partition coefficient (Wildman–Crippen LogP) is -0.396. The average Bonchev–Trinajstić information content (AvgIpc) is 2.65. The van der Waals surface area contributed by atoms with Crippen molar-refractivity contribution in [1.29, 1.82) is 0 Å². The van der Waals surface area contributed by atoms with E-state index in [9.17, 15) is 18.0 Å². The van der Waals surface area contributed by atoms with Crippen LogP contribution in [0.15, 0.2) is 0 Å². The minimum absolute atomic E-state index is 0.0177. The van der Waals surface area contributed by atoms with Gasteiger partial charge >= 0.3 is 5.97 Å². The smallest absolute Gasteiger partial charge is 0.323 e. The van der Waals surface area contributed by atoms with E-state index in [2.05, 4.69) is 0 Å². The number of carboxylic acid groups (broad SMARTS) is 1. The summed E-state index contributed by atoms with van der Waals surface area (Å²) in [6, 6.07) is -0.594. The second-order valence-electron chi connectivity index (χ2n) is 5.55. The maximum atomic E-state index is 12.4. The minimum atomic E-state index is -3.20. The number of carbonyl (C=O) groups is 2. The molecule has 7 nitrogen and oxygen atoms in total. The third-order valence-corrected chi connectivity index (χ3v) is 5.22. The number of nitrogens with zero attached hydrogens (tertiary/aromatic N) is 1. The summed E-state index contributed by atoms with van der Waals surface area (Å²) in [5.74, 6) is -1.87. The average molecular weight is 306 g/mol. The highest BCUT2D eigenvalue weighted by atomic mass is 32.2. The van der Waals surface area contributed by atoms with Crippen LogP contribution in [0.2, 0.25) is 0 Å². The number of aliphatic carboxylic acids is 1. The SMILES string of the molecule is CCCC(C)(N)C(=O)N(CC(=O)O)C1CCS(=O)(=O)C1. The van der Waals surface area contributed by atoms with Crippen LogP contribution in [0.3, 0.4) is 0 Å². The molecule has 0 aliphatic carbocycles. The number of rotatable bonds is 6. The molecule has 0 radical (unpaired) electrons. The molecule has 0 bridgehead atoms. The van der Waals surface area contributed by atoms with Crippen molar-refractivity contribution in [3.05, 3.63) is 0 Å². The van der Waals surface area contributed by atoms with Crippen molar-refractivity contribution in [1.82, 2.24) is 4.90 Å². The predicted molar refractivity (Wildman–Crippen MR) is 73.9 cm³/mol. The third-order valence-electron chi connectivity index (χ3n) is 3.47. The van der Waals surface area contributed by atoms with Crippen molar-refractivity contribution in [2.45, 2.75) is 44.7 Å². The Morgan fingerprint density at radius 2 is 2.05 bits per heavy atom. The molecule has 0 aromatic heterocycles. The first kappa shape index (κ1) is 16.9. The van der Waals surface area contributed by atoms with Gasteiger partial charge in [-0.1, -0.05) is 13.3 Å². The molecule has 1 saturated heterocycles. The highest BCUT2D eigenvalue weighted by Crippen LogP contribution is 2.22. The van der Waals surface area contributed by atoms with E-state index in [1.807, 2.05) is 6.92 Å². The van der Waals surface area contributed by atoms with Gasteiger partial charge in [0.15, 0.2) is 9.84 Å². The second-order valence-corrected chi connectivity index (χ2v) is 7.78. The first-order valence-corrected chi connectivity index (χ1v) is 8.43. The van der Waals surface area contributed by atoms with Gasteiger partial charge in [0.05, 0.1) is 17.0 Å². The summed E-state index contributed by atoms with van der Waals surface area (Å²) in [6.07, 6.45) is 1.37. The van der Waals surface area contributed by atoms with Crippen LogP contribution in [0, 0.1) is 0 Å². The summed E-state index contributed by atoms with van der Waals surface area (Å²) in [5, 5.41) is 8.93. The highest BCUT2D eigenvalue weighted by molar-refractivity contribution is 7.91. The number of carboxylic acids is 1. The molecule has 20 heavy (non-hydrogen) atoms. The lowest BCUT2D eigenvalue weighted by Crippen LogP contribution is -2.57. The molecule has 116 valence electrons. The molecule has 0 spiro atoms. The second kappa shape index (κ2) is 6.09. The minimum Gasteiger partial charge on any atom is -0.480 e. The van der Waals surface area contributed by atoms with Gasteiger partial charge in [0, 0.05) is 6.04 Å². The third kappa shape index (κ3) is 4.17. The fourth-order valence-electron chi connectivity index (χ4n) is 2.49. The van der Waals surface area contributed by atoms with Gasteiger partial charge in [-0.3, -0.25) is 9.59 Å². The standard InChI is InChI=1S/C12H22N2O5S/c1-3-5-12(2,13)11(17)14(7-10(15)16)9-4-6-20(18,19)8-9/h9H,3-8,13H2,1-2H3,(H,15,16). The van der Waals surface area contributed by atoms with E-state index in [1.165, 1.54) is 0 Å². The van der Waals surface area contributed by atoms with Gasteiger partial charge < -0.3 is 15.7 Å². The largest absolute Gasteiger partial charge is 0.480 e. The molecule has 1 rings (SSSR count). The van der Waals surface area contributed by atoms with Gasteiger partial charge in [-0.2, -0.15) is 0 Å². The number of hydrogen-bond donors (Lipinski definition) is 2. The Labute approximate surface area is 119 Å². The Morgan fingerprint density at radius 3 is 2.45 bits per heavy atom. The van der Waals surface area contributed by atoms with E-state index in [-0.39, 0.29) is 17.9 Å². The number of carbonyl (C=O) groups excluding carboxylic acids is 1. The lowest BCUT2D eigenvalue weighted by Gasteiger charge is -2.34. The molecule has 1 aliphatic rings. The molecule has 8 heteroatoms. The van der Waals surface area contributed by atoms with Crippen LogP contribution < -0.4 is 5.73 Å². The maximum absolute atomic E-state index is 12.4. The topological polar surface area (TPSA) is 118 Å². The molecule has 1 aliphatic heterocycles. The molecule has 0 aromatic rings. The van der Waals surface area contributed by atoms with E-state index in [4.69, 9.17) is 10.8 Å². The summed E-state index contributed by atoms with van der Waals surface area (Å²) in [6.45, 7) is 2.91. The maximum Gasteiger partial charge on any atom is 0.323 e. The number of amides is 1. The van der Waals surface area contributed by atoms with Gasteiger partial charge in [0.25, 0.3) is 0 Å². The Balaban J connectivity index is 2.95. The summed E-state index contributed by atoms with van der Waals surface area (Å²) in [7, 11) is -3.20. The van der Waals surface area contributed by atoms with Gasteiger partial charge in [-0.25, -0.2) is 8.42 Å². The zero-order valence-electron chi connectivity index (χ0n) is 11.8. The fraction of sp³-hybridized carbons (Fsp3) is 0.833. The lowest BCUT2D eigenvalue weighted by molar-refractivity contribution is -0.148. The van der Waals surface area contributed by atoms with Crippen molar-refractivity contribution in [2.75, 3.05) is 18.1 Å². The fourth-order valence-corrected chi connectivity index (χ4v) is 4.22. The van der Waals surface area contributed by atoms with E-state index in [1.54, 1.807) is 6.92 Å². The molecule has 3 N–H and O–H groups in total. The molecular weight excluding hydrogens is 284 g/mol. The molecule has 1 amide bonds. The van der Waals surface area contributed by atoms with Gasteiger partial charge in [0.1, 0.15) is 6.54 Å². The molecule has 1 heterocycles. The molecule has 0 aromatic carbocycles. The lowest BCUT2D eigenvalue weighted by atomic mass is 9.94. The molecular formula is C12H22N2O5S. The Kier molecular flexibility index (Phi) is 5.15. The van der Waals surface area contributed by atoms with E-state index >= 15 is 0 Å². The molecule has 2 atom stereocenters. The normalized spacial score (nSPS) is 24.1. The monoisotopic (exact) mass is 306 g/mol. The molecule has 2 unspecified atom stereocenters. The van der Waals surface area contributed by atoms with E-state index < -0.39 is 39.8 Å². The van der Waals surface area contributed by atoms with Crippen LogP contribution in [0.4, 0.5) is 0 Å². The molecule has 0 saturated carbocycles. The Hall–Kier alpha value is -1.15. The number of hydrogen-bond acceptors (Lipinski definition) is 5. The summed E-state index contributed by atoms with van der Waals surface area (Å²) in [5.41, 5.74) is 4.78. The first-order valence-electron chi connectivity index (χ1n) is 6.61. The van der Waals surface area contributed by atoms with Crippen molar-refractivity contribution in [3.8, 4) is 0 Å². The van der Waals surface area contributed by atoms with Crippen LogP contribution in [0.1, 0.15) is 33.1 Å². The van der Waals surface area contributed by atoms with Crippen LogP contribution in [0.5, 0.6) is 0 Å². The summed E-state index contributed by atoms with van der Waals surface area (Å²) >= 11 is 0. The van der Waals surface area contributed by atoms with E-state index in [0.717, 1.165) is 4.90 Å². The quantitative estimate of drug-likeness (QED) is 0.689. The zero-order chi connectivity index (χ0) is 15.6. The van der Waals surface area contributed by atoms with Gasteiger partial charge in [-0.15, -0.1) is 0 Å². The van der Waals surface area contributed by atoms with Crippen LogP contribution >= 0.6 is 0 Å². The van der Waals surface area contributed by atoms with Crippen molar-refractivity contribution < 1.29 is 23.1 Å².